The zero-order valence-corrected chi connectivity index (χ0v) is 8.82. The van der Waals surface area contributed by atoms with Gasteiger partial charge < -0.3 is 9.42 Å². The van der Waals surface area contributed by atoms with E-state index in [-0.39, 0.29) is 6.03 Å². The molecule has 0 atom stereocenters. The molecule has 1 aromatic heterocycles. The molecule has 5 heteroatoms. The molecule has 0 aliphatic carbocycles. The van der Waals surface area contributed by atoms with Crippen LogP contribution < -0.4 is 5.32 Å². The Labute approximate surface area is 88.4 Å². The van der Waals surface area contributed by atoms with Gasteiger partial charge in [0.15, 0.2) is 0 Å². The Morgan fingerprint density at radius 3 is 2.80 bits per heavy atom. The summed E-state index contributed by atoms with van der Waals surface area (Å²) in [5.74, 6) is 0.420. The van der Waals surface area contributed by atoms with Gasteiger partial charge in [-0.15, -0.1) is 0 Å². The first-order valence-corrected chi connectivity index (χ1v) is 5.25. The van der Waals surface area contributed by atoms with E-state index in [1.165, 1.54) is 6.42 Å². The van der Waals surface area contributed by atoms with Crippen LogP contribution in [0.5, 0.6) is 0 Å². The summed E-state index contributed by atoms with van der Waals surface area (Å²) in [6, 6.07) is 1.62. The molecule has 1 fully saturated rings. The van der Waals surface area contributed by atoms with Crippen LogP contribution in [0.1, 0.15) is 25.0 Å². The Morgan fingerprint density at radius 1 is 1.47 bits per heavy atom. The first-order valence-electron chi connectivity index (χ1n) is 5.25. The smallest absolute Gasteiger partial charge is 0.324 e. The SMILES string of the molecule is Cc1cc(NC(=O)N2CCCCC2)on1. The van der Waals surface area contributed by atoms with Gasteiger partial charge in [0, 0.05) is 19.2 Å². The largest absolute Gasteiger partial charge is 0.338 e. The van der Waals surface area contributed by atoms with Crippen LogP contribution in [0.4, 0.5) is 10.7 Å². The fourth-order valence-corrected chi connectivity index (χ4v) is 1.70. The minimum absolute atomic E-state index is 0.0918. The Kier molecular flexibility index (Phi) is 2.89. The average molecular weight is 209 g/mol. The van der Waals surface area contributed by atoms with Gasteiger partial charge in [-0.1, -0.05) is 5.16 Å². The van der Waals surface area contributed by atoms with E-state index in [2.05, 4.69) is 10.5 Å². The first kappa shape index (κ1) is 10.0. The van der Waals surface area contributed by atoms with E-state index in [9.17, 15) is 4.79 Å². The van der Waals surface area contributed by atoms with Crippen LogP contribution in [0, 0.1) is 6.92 Å². The maximum absolute atomic E-state index is 11.7. The summed E-state index contributed by atoms with van der Waals surface area (Å²) < 4.78 is 4.92. The van der Waals surface area contributed by atoms with Gasteiger partial charge in [-0.2, -0.15) is 0 Å². The molecular weight excluding hydrogens is 194 g/mol. The molecule has 0 spiro atoms. The number of nitrogens with one attached hydrogen (secondary N) is 1. The lowest BCUT2D eigenvalue weighted by Crippen LogP contribution is -2.38. The van der Waals surface area contributed by atoms with Crippen LogP contribution in [-0.4, -0.2) is 29.2 Å². The van der Waals surface area contributed by atoms with Crippen LogP contribution in [0.3, 0.4) is 0 Å². The summed E-state index contributed by atoms with van der Waals surface area (Å²) in [4.78, 5) is 13.5. The molecule has 0 bridgehead atoms. The van der Waals surface area contributed by atoms with Crippen molar-refractivity contribution >= 4 is 11.9 Å². The second kappa shape index (κ2) is 4.33. The third-order valence-corrected chi connectivity index (χ3v) is 2.50. The zero-order chi connectivity index (χ0) is 10.7. The summed E-state index contributed by atoms with van der Waals surface area (Å²) in [7, 11) is 0. The molecule has 1 N–H and O–H groups in total. The van der Waals surface area contributed by atoms with Gasteiger partial charge in [-0.25, -0.2) is 4.79 Å². The quantitative estimate of drug-likeness (QED) is 0.769. The maximum Gasteiger partial charge on any atom is 0.324 e. The average Bonchev–Trinajstić information content (AvgIpc) is 2.65. The fraction of sp³-hybridized carbons (Fsp3) is 0.600. The van der Waals surface area contributed by atoms with Crippen molar-refractivity contribution in [3.63, 3.8) is 0 Å². The fourth-order valence-electron chi connectivity index (χ4n) is 1.70. The van der Waals surface area contributed by atoms with Crippen LogP contribution in [-0.2, 0) is 0 Å². The summed E-state index contributed by atoms with van der Waals surface area (Å²) in [5, 5.41) is 6.40. The Balaban J connectivity index is 1.91. The third kappa shape index (κ3) is 2.49. The molecule has 0 radical (unpaired) electrons. The topological polar surface area (TPSA) is 58.4 Å². The highest BCUT2D eigenvalue weighted by molar-refractivity contribution is 5.87. The Bertz CT molecular complexity index is 342. The van der Waals surface area contributed by atoms with Crippen LogP contribution in [0.25, 0.3) is 0 Å². The molecule has 0 saturated carbocycles. The Hall–Kier alpha value is -1.52. The van der Waals surface area contributed by atoms with Crippen LogP contribution in [0.15, 0.2) is 10.6 Å². The van der Waals surface area contributed by atoms with Gasteiger partial charge in [0.2, 0.25) is 5.88 Å². The van der Waals surface area contributed by atoms with Crippen molar-refractivity contribution in [3.05, 3.63) is 11.8 Å². The molecule has 1 saturated heterocycles. The first-order chi connectivity index (χ1) is 7.25. The number of carbonyl (C=O) groups excluding carboxylic acids is 1. The second-order valence-electron chi connectivity index (χ2n) is 3.81. The van der Waals surface area contributed by atoms with E-state index < -0.39 is 0 Å². The highest BCUT2D eigenvalue weighted by atomic mass is 16.5. The van der Waals surface area contributed by atoms with Crippen molar-refractivity contribution in [2.45, 2.75) is 26.2 Å². The zero-order valence-electron chi connectivity index (χ0n) is 8.82. The van der Waals surface area contributed by atoms with Gasteiger partial charge in [0.1, 0.15) is 0 Å². The molecule has 2 heterocycles. The third-order valence-electron chi connectivity index (χ3n) is 2.50. The van der Waals surface area contributed by atoms with E-state index in [1.54, 1.807) is 11.0 Å². The number of urea groups is 1. The molecule has 0 aromatic carbocycles. The van der Waals surface area contributed by atoms with E-state index >= 15 is 0 Å². The highest BCUT2D eigenvalue weighted by Crippen LogP contribution is 2.12. The lowest BCUT2D eigenvalue weighted by molar-refractivity contribution is 0.199. The number of rotatable bonds is 1. The monoisotopic (exact) mass is 209 g/mol. The van der Waals surface area contributed by atoms with Gasteiger partial charge in [-0.3, -0.25) is 5.32 Å². The molecular formula is C10H15N3O2. The molecule has 1 aromatic rings. The standard InChI is InChI=1S/C10H15N3O2/c1-8-7-9(15-12-8)11-10(14)13-5-3-2-4-6-13/h7H,2-6H2,1H3,(H,11,14). The predicted octanol–water partition coefficient (Wildman–Crippen LogP) is 2.00. The number of hydrogen-bond donors (Lipinski definition) is 1. The lowest BCUT2D eigenvalue weighted by atomic mass is 10.1. The predicted molar refractivity (Wildman–Crippen MR) is 55.7 cm³/mol. The van der Waals surface area contributed by atoms with Crippen molar-refractivity contribution in [2.75, 3.05) is 18.4 Å². The molecule has 1 aliphatic heterocycles. The number of hydrogen-bond acceptors (Lipinski definition) is 3. The number of aromatic nitrogens is 1. The number of likely N-dealkylation sites (tertiary alicyclic amines) is 1. The molecule has 0 unspecified atom stereocenters. The van der Waals surface area contributed by atoms with E-state index in [0.717, 1.165) is 31.6 Å². The number of aryl methyl sites for hydroxylation is 1. The van der Waals surface area contributed by atoms with Gasteiger partial charge >= 0.3 is 6.03 Å². The molecule has 5 nitrogen and oxygen atoms in total. The summed E-state index contributed by atoms with van der Waals surface area (Å²) >= 11 is 0. The van der Waals surface area contributed by atoms with E-state index in [4.69, 9.17) is 4.52 Å². The summed E-state index contributed by atoms with van der Waals surface area (Å²) in [5.41, 5.74) is 0.768. The normalized spacial score (nSPS) is 16.5. The van der Waals surface area contributed by atoms with Crippen molar-refractivity contribution in [2.24, 2.45) is 0 Å². The van der Waals surface area contributed by atoms with Gasteiger partial charge in [-0.05, 0) is 26.2 Å². The van der Waals surface area contributed by atoms with Crippen molar-refractivity contribution < 1.29 is 9.32 Å². The van der Waals surface area contributed by atoms with Crippen molar-refractivity contribution in [1.82, 2.24) is 10.1 Å². The van der Waals surface area contributed by atoms with E-state index in [1.807, 2.05) is 6.92 Å². The number of piperidine rings is 1. The minimum Gasteiger partial charge on any atom is -0.338 e. The number of anilines is 1. The van der Waals surface area contributed by atoms with Gasteiger partial charge in [0.05, 0.1) is 5.69 Å². The molecule has 15 heavy (non-hydrogen) atoms. The minimum atomic E-state index is -0.0918. The Morgan fingerprint density at radius 2 is 2.20 bits per heavy atom. The molecule has 82 valence electrons. The highest BCUT2D eigenvalue weighted by Gasteiger charge is 2.17. The molecule has 1 aliphatic rings. The number of nitrogens with zero attached hydrogens (tertiary/aromatic N) is 2. The van der Waals surface area contributed by atoms with Crippen LogP contribution >= 0.6 is 0 Å². The van der Waals surface area contributed by atoms with Crippen molar-refractivity contribution in [3.8, 4) is 0 Å². The van der Waals surface area contributed by atoms with Crippen LogP contribution in [0.2, 0.25) is 0 Å². The number of amides is 2. The van der Waals surface area contributed by atoms with Gasteiger partial charge in [0.25, 0.3) is 0 Å². The number of carbonyl (C=O) groups is 1. The summed E-state index contributed by atoms with van der Waals surface area (Å²) in [6.07, 6.45) is 3.39. The second-order valence-corrected chi connectivity index (χ2v) is 3.81. The molecule has 2 amide bonds. The lowest BCUT2D eigenvalue weighted by Gasteiger charge is -2.26. The maximum atomic E-state index is 11.7. The molecule has 2 rings (SSSR count). The van der Waals surface area contributed by atoms with E-state index in [0.29, 0.717) is 5.88 Å². The summed E-state index contributed by atoms with van der Waals surface area (Å²) in [6.45, 7) is 3.48. The van der Waals surface area contributed by atoms with Crippen molar-refractivity contribution in [1.29, 1.82) is 0 Å².